The van der Waals surface area contributed by atoms with E-state index in [0.717, 1.165) is 0 Å². The molecule has 98 valence electrons. The summed E-state index contributed by atoms with van der Waals surface area (Å²) in [6.07, 6.45) is -2.37. The number of aliphatic hydroxyl groups excluding tert-OH is 1. The Morgan fingerprint density at radius 2 is 2.17 bits per heavy atom. The fraction of sp³-hybridized carbons (Fsp3) is 0.417. The number of nitrogens with zero attached hydrogens (tertiary/aromatic N) is 2. The van der Waals surface area contributed by atoms with E-state index in [1.165, 1.54) is 4.90 Å². The number of hydrogen-bond acceptors (Lipinski definition) is 4. The predicted octanol–water partition coefficient (Wildman–Crippen LogP) is 1.40. The molecule has 0 heterocycles. The Morgan fingerprint density at radius 1 is 1.44 bits per heavy atom. The molecule has 0 aliphatic rings. The van der Waals surface area contributed by atoms with Crippen LogP contribution in [0.1, 0.15) is 5.56 Å². The average Bonchev–Trinajstić information content (AvgIpc) is 2.31. The summed E-state index contributed by atoms with van der Waals surface area (Å²) in [6, 6.07) is 6.76. The zero-order valence-electron chi connectivity index (χ0n) is 9.81. The fourth-order valence-corrected chi connectivity index (χ4v) is 1.64. The Bertz CT molecular complexity index is 432. The maximum Gasteiger partial charge on any atom is 0.255 e. The summed E-state index contributed by atoms with van der Waals surface area (Å²) < 4.78 is 24.8. The van der Waals surface area contributed by atoms with Gasteiger partial charge in [0.25, 0.3) is 6.43 Å². The van der Waals surface area contributed by atoms with Crippen molar-refractivity contribution in [2.75, 3.05) is 30.3 Å². The van der Waals surface area contributed by atoms with Gasteiger partial charge in [0.2, 0.25) is 0 Å². The lowest BCUT2D eigenvalue weighted by Gasteiger charge is -2.24. The Kier molecular flexibility index (Phi) is 5.33. The Labute approximate surface area is 104 Å². The molecule has 6 heteroatoms. The van der Waals surface area contributed by atoms with Gasteiger partial charge in [0.15, 0.2) is 0 Å². The van der Waals surface area contributed by atoms with Crippen LogP contribution in [0.15, 0.2) is 18.2 Å². The molecular weight excluding hydrogens is 240 g/mol. The number of aliphatic hydroxyl groups is 1. The number of alkyl halides is 2. The van der Waals surface area contributed by atoms with Gasteiger partial charge in [-0.15, -0.1) is 0 Å². The van der Waals surface area contributed by atoms with Crippen molar-refractivity contribution in [2.24, 2.45) is 0 Å². The van der Waals surface area contributed by atoms with Gasteiger partial charge in [-0.05, 0) is 23.8 Å². The molecule has 0 saturated carbocycles. The van der Waals surface area contributed by atoms with Gasteiger partial charge in [0.1, 0.15) is 0 Å². The van der Waals surface area contributed by atoms with Crippen LogP contribution < -0.4 is 10.6 Å². The number of benzene rings is 1. The lowest BCUT2D eigenvalue weighted by molar-refractivity contribution is 0.153. The number of anilines is 2. The summed E-state index contributed by atoms with van der Waals surface area (Å²) in [4.78, 5) is 1.37. The molecule has 1 aromatic carbocycles. The normalized spacial score (nSPS) is 10.4. The van der Waals surface area contributed by atoms with Crippen LogP contribution in [0.25, 0.3) is 0 Å². The van der Waals surface area contributed by atoms with Crippen molar-refractivity contribution in [2.45, 2.75) is 12.8 Å². The molecule has 3 N–H and O–H groups in total. The molecule has 0 atom stereocenters. The Morgan fingerprint density at radius 3 is 2.72 bits per heavy atom. The first-order valence-corrected chi connectivity index (χ1v) is 5.47. The van der Waals surface area contributed by atoms with E-state index in [1.54, 1.807) is 18.2 Å². The van der Waals surface area contributed by atoms with Crippen molar-refractivity contribution in [1.82, 2.24) is 0 Å². The first-order valence-electron chi connectivity index (χ1n) is 5.47. The molecule has 1 aromatic rings. The lowest BCUT2D eigenvalue weighted by atomic mass is 10.1. The summed E-state index contributed by atoms with van der Waals surface area (Å²) in [5.41, 5.74) is 7.28. The van der Waals surface area contributed by atoms with Crippen molar-refractivity contribution in [3.63, 3.8) is 0 Å². The first kappa shape index (κ1) is 14.2. The largest absolute Gasteiger partial charge is 0.398 e. The van der Waals surface area contributed by atoms with E-state index in [1.807, 2.05) is 6.07 Å². The van der Waals surface area contributed by atoms with Crippen molar-refractivity contribution in [3.05, 3.63) is 23.8 Å². The van der Waals surface area contributed by atoms with Crippen LogP contribution in [-0.2, 0) is 6.42 Å². The molecule has 0 aromatic heterocycles. The third-order valence-corrected chi connectivity index (χ3v) is 2.49. The maximum absolute atomic E-state index is 12.4. The van der Waals surface area contributed by atoms with E-state index in [9.17, 15) is 8.78 Å². The van der Waals surface area contributed by atoms with Gasteiger partial charge in [-0.2, -0.15) is 5.26 Å². The molecule has 1 rings (SSSR count). The Hall–Kier alpha value is -1.87. The molecular formula is C12H15F2N3O. The summed E-state index contributed by atoms with van der Waals surface area (Å²) in [5.74, 6) is 0. The number of rotatable bonds is 6. The van der Waals surface area contributed by atoms with Crippen LogP contribution in [0.3, 0.4) is 0 Å². The number of hydrogen-bond donors (Lipinski definition) is 2. The van der Waals surface area contributed by atoms with E-state index in [4.69, 9.17) is 16.1 Å². The first-order chi connectivity index (χ1) is 8.58. The molecule has 0 spiro atoms. The maximum atomic E-state index is 12.4. The van der Waals surface area contributed by atoms with Crippen molar-refractivity contribution >= 4 is 11.4 Å². The standard InChI is InChI=1S/C12H15F2N3O/c13-12(14)8-17(5-6-18)10-1-2-11(16)9(7-10)3-4-15/h1-2,7,12,18H,3,5-6,8,16H2. The summed E-state index contributed by atoms with van der Waals surface area (Å²) in [6.45, 7) is -0.568. The molecule has 4 nitrogen and oxygen atoms in total. The van der Waals surface area contributed by atoms with Crippen LogP contribution >= 0.6 is 0 Å². The minimum atomic E-state index is -2.49. The zero-order chi connectivity index (χ0) is 13.5. The predicted molar refractivity (Wildman–Crippen MR) is 65.5 cm³/mol. The highest BCUT2D eigenvalue weighted by molar-refractivity contribution is 5.59. The third-order valence-electron chi connectivity index (χ3n) is 2.49. The van der Waals surface area contributed by atoms with E-state index in [0.29, 0.717) is 16.9 Å². The molecule has 0 aliphatic carbocycles. The van der Waals surface area contributed by atoms with Crippen LogP contribution in [0, 0.1) is 11.3 Å². The molecule has 0 bridgehead atoms. The molecule has 0 fully saturated rings. The number of nitrogens with two attached hydrogens (primary N) is 1. The third kappa shape index (κ3) is 3.86. The SMILES string of the molecule is N#CCc1cc(N(CCO)CC(F)F)ccc1N. The highest BCUT2D eigenvalue weighted by atomic mass is 19.3. The van der Waals surface area contributed by atoms with Gasteiger partial charge in [-0.25, -0.2) is 8.78 Å². The van der Waals surface area contributed by atoms with Crippen LogP contribution in [0.2, 0.25) is 0 Å². The van der Waals surface area contributed by atoms with Gasteiger partial charge < -0.3 is 15.7 Å². The minimum Gasteiger partial charge on any atom is -0.398 e. The topological polar surface area (TPSA) is 73.3 Å². The minimum absolute atomic E-state index is 0.111. The second-order valence-corrected chi connectivity index (χ2v) is 3.78. The van der Waals surface area contributed by atoms with Gasteiger partial charge in [-0.3, -0.25) is 0 Å². The van der Waals surface area contributed by atoms with Gasteiger partial charge in [0.05, 0.1) is 25.6 Å². The van der Waals surface area contributed by atoms with Crippen LogP contribution in [0.5, 0.6) is 0 Å². The van der Waals surface area contributed by atoms with Crippen LogP contribution in [-0.4, -0.2) is 31.2 Å². The molecule has 18 heavy (non-hydrogen) atoms. The molecule has 0 unspecified atom stereocenters. The molecule has 0 aliphatic heterocycles. The summed E-state index contributed by atoms with van der Waals surface area (Å²) >= 11 is 0. The zero-order valence-corrected chi connectivity index (χ0v) is 9.81. The van der Waals surface area contributed by atoms with Gasteiger partial charge in [0, 0.05) is 17.9 Å². The monoisotopic (exact) mass is 255 g/mol. The highest BCUT2D eigenvalue weighted by Crippen LogP contribution is 2.22. The number of nitrogen functional groups attached to an aromatic ring is 1. The molecule has 0 saturated heterocycles. The van der Waals surface area contributed by atoms with Gasteiger partial charge >= 0.3 is 0 Å². The van der Waals surface area contributed by atoms with Gasteiger partial charge in [-0.1, -0.05) is 0 Å². The lowest BCUT2D eigenvalue weighted by Crippen LogP contribution is -2.31. The van der Waals surface area contributed by atoms with Crippen molar-refractivity contribution in [3.8, 4) is 6.07 Å². The van der Waals surface area contributed by atoms with E-state index in [-0.39, 0.29) is 19.6 Å². The smallest absolute Gasteiger partial charge is 0.255 e. The summed E-state index contributed by atoms with van der Waals surface area (Å²) in [7, 11) is 0. The van der Waals surface area contributed by atoms with E-state index < -0.39 is 13.0 Å². The molecule has 0 radical (unpaired) electrons. The van der Waals surface area contributed by atoms with Crippen LogP contribution in [0.4, 0.5) is 20.2 Å². The summed E-state index contributed by atoms with van der Waals surface area (Å²) in [5, 5.41) is 17.5. The quantitative estimate of drug-likeness (QED) is 0.753. The van der Waals surface area contributed by atoms with Crippen molar-refractivity contribution in [1.29, 1.82) is 5.26 Å². The van der Waals surface area contributed by atoms with Crippen molar-refractivity contribution < 1.29 is 13.9 Å². The fourth-order valence-electron chi connectivity index (χ4n) is 1.64. The Balaban J connectivity index is 2.97. The second-order valence-electron chi connectivity index (χ2n) is 3.78. The van der Waals surface area contributed by atoms with E-state index in [2.05, 4.69) is 0 Å². The second kappa shape index (κ2) is 6.77. The average molecular weight is 255 g/mol. The number of nitriles is 1. The number of halogens is 2. The molecule has 0 amide bonds. The highest BCUT2D eigenvalue weighted by Gasteiger charge is 2.13. The van der Waals surface area contributed by atoms with E-state index >= 15 is 0 Å².